The van der Waals surface area contributed by atoms with Gasteiger partial charge >= 0.3 is 6.09 Å². The van der Waals surface area contributed by atoms with Gasteiger partial charge in [0, 0.05) is 68.0 Å². The number of aryl methyl sites for hydroxylation is 2. The molecular formula is C31H53FN12O4Si. The van der Waals surface area contributed by atoms with Crippen LogP contribution in [0.5, 0.6) is 5.88 Å². The minimum Gasteiger partial charge on any atom is -0.478 e. The minimum absolute atomic E-state index is 0.0323. The van der Waals surface area contributed by atoms with Gasteiger partial charge in [-0.3, -0.25) is 4.68 Å². The number of ether oxygens (including phenoxy) is 2. The summed E-state index contributed by atoms with van der Waals surface area (Å²) < 4.78 is 29.8. The molecule has 2 fully saturated rings. The molecule has 2 atom stereocenters. The Morgan fingerprint density at radius 2 is 1.78 bits per heavy atom. The normalized spacial score (nSPS) is 19.1. The van der Waals surface area contributed by atoms with Crippen molar-refractivity contribution in [2.24, 2.45) is 7.05 Å². The zero-order valence-corrected chi connectivity index (χ0v) is 30.7. The maximum atomic E-state index is 15.2. The molecular weight excluding hydrogens is 652 g/mol. The number of hydrogen-bond acceptors (Lipinski definition) is 13. The molecule has 5 rings (SSSR count). The number of methoxy groups -OCH3 is 1. The van der Waals surface area contributed by atoms with Gasteiger partial charge < -0.3 is 44.2 Å². The maximum absolute atomic E-state index is 15.2. The second-order valence-electron chi connectivity index (χ2n) is 13.9. The molecule has 2 saturated heterocycles. The summed E-state index contributed by atoms with van der Waals surface area (Å²) in [4.78, 5) is 38.3. The lowest BCUT2D eigenvalue weighted by atomic mass is 10.2. The van der Waals surface area contributed by atoms with Crippen LogP contribution in [0.15, 0.2) is 12.5 Å². The molecule has 0 bridgehead atoms. The summed E-state index contributed by atoms with van der Waals surface area (Å²) >= 11 is 0. The molecule has 1 amide bonds. The second kappa shape index (κ2) is 16.9. The number of nitrogens with one attached hydrogen (secondary N) is 3. The Morgan fingerprint density at radius 1 is 1.04 bits per heavy atom. The SMILES string of the molecule is CNOCCCN1CCN(CCCn2cc(Nc3nc(N4C[C@@H](F)[C@H](NC(=O)OCC[Si](C)(C)C)C4)nc4c3ncn4C)c(OC)n2)CC1. The van der Waals surface area contributed by atoms with Crippen LogP contribution in [0.4, 0.5) is 26.6 Å². The van der Waals surface area contributed by atoms with E-state index in [-0.39, 0.29) is 13.1 Å². The van der Waals surface area contributed by atoms with Crippen LogP contribution in [0.1, 0.15) is 12.8 Å². The summed E-state index contributed by atoms with van der Waals surface area (Å²) in [5.74, 6) is 1.21. The number of imidazole rings is 1. The van der Waals surface area contributed by atoms with E-state index < -0.39 is 26.4 Å². The predicted octanol–water partition coefficient (Wildman–Crippen LogP) is 2.45. The molecule has 3 aromatic rings. The number of alkyl carbamates (subject to hydrolysis) is 1. The fraction of sp³-hybridized carbons (Fsp3) is 0.710. The van der Waals surface area contributed by atoms with Crippen molar-refractivity contribution >= 4 is 42.8 Å². The largest absolute Gasteiger partial charge is 0.478 e. The molecule has 0 unspecified atom stereocenters. The minimum atomic E-state index is -1.35. The first-order valence-electron chi connectivity index (χ1n) is 17.2. The highest BCUT2D eigenvalue weighted by molar-refractivity contribution is 6.76. The number of carbonyl (C=O) groups excluding carboxylic acids is 1. The Labute approximate surface area is 288 Å². The van der Waals surface area contributed by atoms with Gasteiger partial charge in [0.05, 0.1) is 45.4 Å². The monoisotopic (exact) mass is 704 g/mol. The van der Waals surface area contributed by atoms with Crippen molar-refractivity contribution in [3.63, 3.8) is 0 Å². The maximum Gasteiger partial charge on any atom is 0.407 e. The van der Waals surface area contributed by atoms with Gasteiger partial charge in [-0.2, -0.15) is 9.97 Å². The van der Waals surface area contributed by atoms with Crippen LogP contribution in [0.3, 0.4) is 0 Å². The number of nitrogens with zero attached hydrogens (tertiary/aromatic N) is 9. The Morgan fingerprint density at radius 3 is 2.47 bits per heavy atom. The number of anilines is 3. The topological polar surface area (TPSA) is 152 Å². The van der Waals surface area contributed by atoms with Crippen molar-refractivity contribution in [1.29, 1.82) is 0 Å². The third kappa shape index (κ3) is 10.2. The molecule has 0 spiro atoms. The molecule has 16 nitrogen and oxygen atoms in total. The molecule has 272 valence electrons. The third-order valence-corrected chi connectivity index (χ3v) is 10.5. The molecule has 3 N–H and O–H groups in total. The Hall–Kier alpha value is -3.58. The Kier molecular flexibility index (Phi) is 12.6. The number of halogens is 1. The number of alkyl halides is 1. The van der Waals surface area contributed by atoms with Crippen LogP contribution in [-0.4, -0.2) is 145 Å². The number of aromatic nitrogens is 6. The molecule has 5 heterocycles. The average molecular weight is 705 g/mol. The van der Waals surface area contributed by atoms with Gasteiger partial charge in [-0.05, 0) is 25.4 Å². The Balaban J connectivity index is 1.18. The summed E-state index contributed by atoms with van der Waals surface area (Å²) in [7, 11) is 3.86. The zero-order valence-electron chi connectivity index (χ0n) is 29.7. The van der Waals surface area contributed by atoms with E-state index >= 15 is 4.39 Å². The molecule has 3 aromatic heterocycles. The molecule has 2 aliphatic heterocycles. The number of amides is 1. The molecule has 0 aliphatic carbocycles. The fourth-order valence-corrected chi connectivity index (χ4v) is 6.68. The van der Waals surface area contributed by atoms with E-state index in [1.54, 1.807) is 30.0 Å². The predicted molar refractivity (Wildman–Crippen MR) is 189 cm³/mol. The van der Waals surface area contributed by atoms with Crippen LogP contribution in [-0.2, 0) is 23.2 Å². The van der Waals surface area contributed by atoms with Gasteiger partial charge in [0.25, 0.3) is 5.88 Å². The lowest BCUT2D eigenvalue weighted by Crippen LogP contribution is -2.47. The molecule has 0 aromatic carbocycles. The summed E-state index contributed by atoms with van der Waals surface area (Å²) in [6.45, 7) is 14.9. The van der Waals surface area contributed by atoms with Crippen LogP contribution in [0, 0.1) is 0 Å². The fourth-order valence-electron chi connectivity index (χ4n) is 5.97. The van der Waals surface area contributed by atoms with E-state index in [0.29, 0.717) is 41.1 Å². The average Bonchev–Trinajstić information content (AvgIpc) is 3.75. The first kappa shape index (κ1) is 36.7. The molecule has 2 aliphatic rings. The highest BCUT2D eigenvalue weighted by Gasteiger charge is 2.36. The number of rotatable bonds is 17. The molecule has 49 heavy (non-hydrogen) atoms. The molecule has 0 radical (unpaired) electrons. The van der Waals surface area contributed by atoms with E-state index in [0.717, 1.165) is 71.3 Å². The van der Waals surface area contributed by atoms with Gasteiger partial charge in [0.15, 0.2) is 17.0 Å². The van der Waals surface area contributed by atoms with Crippen LogP contribution in [0.2, 0.25) is 25.7 Å². The summed E-state index contributed by atoms with van der Waals surface area (Å²) in [5.41, 5.74) is 4.51. The van der Waals surface area contributed by atoms with E-state index in [2.05, 4.69) is 55.6 Å². The van der Waals surface area contributed by atoms with Gasteiger partial charge in [0.2, 0.25) is 5.95 Å². The van der Waals surface area contributed by atoms with Crippen molar-refractivity contribution in [1.82, 2.24) is 49.9 Å². The van der Waals surface area contributed by atoms with E-state index in [4.69, 9.17) is 24.3 Å². The number of piperazine rings is 1. The van der Waals surface area contributed by atoms with Crippen molar-refractivity contribution in [2.75, 3.05) is 89.9 Å². The van der Waals surface area contributed by atoms with Gasteiger partial charge in [-0.1, -0.05) is 19.6 Å². The van der Waals surface area contributed by atoms with Gasteiger partial charge in [-0.15, -0.1) is 5.10 Å². The van der Waals surface area contributed by atoms with Gasteiger partial charge in [0.1, 0.15) is 11.9 Å². The number of fused-ring (bicyclic) bond motifs is 1. The number of hydrogen-bond donors (Lipinski definition) is 3. The molecule has 0 saturated carbocycles. The standard InChI is InChI=1S/C31H53FN12O4Si/c1-33-48-16-8-10-42-14-12-41(13-15-42)9-7-11-44-21-25(29(39-44)46-3)35-27-26-28(40(2)22-34-26)38-30(37-27)43-19-23(32)24(20-43)36-31(45)47-17-18-49(4,5)6/h21-24,33H,7-20H2,1-6H3,(H,36,45)(H,35,37,38)/t23-,24-/m1/s1. The first-order chi connectivity index (χ1) is 23.5. The van der Waals surface area contributed by atoms with E-state index in [1.807, 2.05) is 17.9 Å². The summed E-state index contributed by atoms with van der Waals surface area (Å²) in [6, 6.07) is 0.105. The van der Waals surface area contributed by atoms with Crippen LogP contribution in [0.25, 0.3) is 11.2 Å². The first-order valence-corrected chi connectivity index (χ1v) is 20.9. The number of carbonyl (C=O) groups is 1. The lowest BCUT2D eigenvalue weighted by Gasteiger charge is -2.34. The third-order valence-electron chi connectivity index (χ3n) is 8.83. The van der Waals surface area contributed by atoms with Gasteiger partial charge in [-0.25, -0.2) is 19.6 Å². The van der Waals surface area contributed by atoms with Crippen molar-refractivity contribution < 1.29 is 23.5 Å². The highest BCUT2D eigenvalue weighted by Crippen LogP contribution is 2.31. The zero-order chi connectivity index (χ0) is 35.0. The van der Waals surface area contributed by atoms with E-state index in [9.17, 15) is 4.79 Å². The van der Waals surface area contributed by atoms with Crippen molar-refractivity contribution in [3.8, 4) is 5.88 Å². The summed E-state index contributed by atoms with van der Waals surface area (Å²) in [6.07, 6.45) is 3.62. The molecule has 18 heteroatoms. The van der Waals surface area contributed by atoms with Crippen molar-refractivity contribution in [3.05, 3.63) is 12.5 Å². The van der Waals surface area contributed by atoms with E-state index in [1.165, 1.54) is 0 Å². The summed E-state index contributed by atoms with van der Waals surface area (Å²) in [5, 5.41) is 10.7. The number of hydroxylamine groups is 1. The highest BCUT2D eigenvalue weighted by atomic mass is 28.3. The van der Waals surface area contributed by atoms with Crippen LogP contribution < -0.4 is 25.8 Å². The quantitative estimate of drug-likeness (QED) is 0.107. The van der Waals surface area contributed by atoms with Crippen molar-refractivity contribution in [2.45, 2.75) is 57.3 Å². The second-order valence-corrected chi connectivity index (χ2v) is 19.5. The smallest absolute Gasteiger partial charge is 0.407 e. The Bertz CT molecular complexity index is 1510. The lowest BCUT2D eigenvalue weighted by molar-refractivity contribution is 0.0460. The van der Waals surface area contributed by atoms with Crippen LogP contribution >= 0.6 is 0 Å².